The van der Waals surface area contributed by atoms with E-state index in [-0.39, 0.29) is 11.8 Å². The van der Waals surface area contributed by atoms with Crippen molar-refractivity contribution in [2.75, 3.05) is 11.1 Å². The Bertz CT molecular complexity index is 640. The highest BCUT2D eigenvalue weighted by Crippen LogP contribution is 2.23. The van der Waals surface area contributed by atoms with Gasteiger partial charge < -0.3 is 11.1 Å². The molecule has 1 unspecified atom stereocenters. The first kappa shape index (κ1) is 14.6. The monoisotopic (exact) mass is 332 g/mol. The molecule has 1 amide bonds. The minimum Gasteiger partial charge on any atom is -0.399 e. The first-order chi connectivity index (χ1) is 9.47. The summed E-state index contributed by atoms with van der Waals surface area (Å²) in [6, 6.07) is 13.2. The van der Waals surface area contributed by atoms with Gasteiger partial charge in [-0.1, -0.05) is 34.1 Å². The smallest absolute Gasteiger partial charge is 0.231 e. The van der Waals surface area contributed by atoms with Crippen LogP contribution in [0.3, 0.4) is 0 Å². The van der Waals surface area contributed by atoms with Crippen LogP contribution in [0.1, 0.15) is 24.0 Å². The second-order valence-corrected chi connectivity index (χ2v) is 5.70. The van der Waals surface area contributed by atoms with Gasteiger partial charge in [-0.05, 0) is 49.2 Å². The van der Waals surface area contributed by atoms with E-state index in [1.54, 1.807) is 0 Å². The Morgan fingerprint density at radius 2 is 2.00 bits per heavy atom. The van der Waals surface area contributed by atoms with Gasteiger partial charge in [0.05, 0.1) is 5.92 Å². The van der Waals surface area contributed by atoms with E-state index in [0.29, 0.717) is 5.69 Å². The maximum Gasteiger partial charge on any atom is 0.231 e. The lowest BCUT2D eigenvalue weighted by atomic mass is 10.00. The molecule has 3 nitrogen and oxygen atoms in total. The number of benzene rings is 2. The van der Waals surface area contributed by atoms with Crippen molar-refractivity contribution in [2.45, 2.75) is 19.8 Å². The van der Waals surface area contributed by atoms with Crippen LogP contribution in [0.2, 0.25) is 0 Å². The molecule has 2 rings (SSSR count). The summed E-state index contributed by atoms with van der Waals surface area (Å²) in [4.78, 5) is 12.3. The van der Waals surface area contributed by atoms with Crippen molar-refractivity contribution < 1.29 is 4.79 Å². The van der Waals surface area contributed by atoms with E-state index in [9.17, 15) is 4.79 Å². The highest BCUT2D eigenvalue weighted by Gasteiger charge is 2.15. The fourth-order valence-electron chi connectivity index (χ4n) is 1.90. The molecule has 0 aliphatic rings. The Labute approximate surface area is 127 Å². The summed E-state index contributed by atoms with van der Waals surface area (Å²) in [5, 5.41) is 2.92. The molecule has 0 bridgehead atoms. The molecule has 0 spiro atoms. The fourth-order valence-corrected chi connectivity index (χ4v) is 2.28. The van der Waals surface area contributed by atoms with Crippen LogP contribution in [0.25, 0.3) is 0 Å². The summed E-state index contributed by atoms with van der Waals surface area (Å²) in [5.74, 6) is -0.301. The second-order valence-electron chi connectivity index (χ2n) is 4.85. The largest absolute Gasteiger partial charge is 0.399 e. The van der Waals surface area contributed by atoms with Gasteiger partial charge in [-0.15, -0.1) is 0 Å². The minimum absolute atomic E-state index is 0.0497. The molecule has 20 heavy (non-hydrogen) atoms. The second kappa shape index (κ2) is 6.09. The van der Waals surface area contributed by atoms with Gasteiger partial charge in [0, 0.05) is 15.8 Å². The number of nitrogens with one attached hydrogen (secondary N) is 1. The van der Waals surface area contributed by atoms with Crippen LogP contribution < -0.4 is 11.1 Å². The van der Waals surface area contributed by atoms with E-state index < -0.39 is 0 Å². The summed E-state index contributed by atoms with van der Waals surface area (Å²) >= 11 is 3.46. The zero-order chi connectivity index (χ0) is 14.7. The molecular formula is C16H17BrN2O. The summed E-state index contributed by atoms with van der Waals surface area (Å²) in [6.45, 7) is 3.87. The molecule has 2 aromatic rings. The molecule has 3 N–H and O–H groups in total. The topological polar surface area (TPSA) is 55.1 Å². The number of nitrogen functional groups attached to an aromatic ring is 1. The van der Waals surface area contributed by atoms with Crippen LogP contribution in [0.15, 0.2) is 46.9 Å². The standard InChI is InChI=1S/C16H17BrN2O/c1-10-6-7-14(9-15(10)17)19-16(20)11(2)12-4-3-5-13(18)8-12/h3-9,11H,18H2,1-2H3,(H,19,20). The lowest BCUT2D eigenvalue weighted by Crippen LogP contribution is -2.19. The van der Waals surface area contributed by atoms with Gasteiger partial charge in [0.1, 0.15) is 0 Å². The van der Waals surface area contributed by atoms with Gasteiger partial charge in [0.15, 0.2) is 0 Å². The maximum atomic E-state index is 12.3. The van der Waals surface area contributed by atoms with Crippen LogP contribution in [0.5, 0.6) is 0 Å². The van der Waals surface area contributed by atoms with Crippen molar-refractivity contribution in [3.63, 3.8) is 0 Å². The predicted molar refractivity (Wildman–Crippen MR) is 86.8 cm³/mol. The van der Waals surface area contributed by atoms with E-state index in [0.717, 1.165) is 21.3 Å². The molecule has 0 fully saturated rings. The molecule has 2 aromatic carbocycles. The number of halogens is 1. The lowest BCUT2D eigenvalue weighted by Gasteiger charge is -2.13. The van der Waals surface area contributed by atoms with Crippen molar-refractivity contribution >= 4 is 33.2 Å². The van der Waals surface area contributed by atoms with Gasteiger partial charge >= 0.3 is 0 Å². The Kier molecular flexibility index (Phi) is 4.45. The first-order valence-electron chi connectivity index (χ1n) is 6.40. The summed E-state index contributed by atoms with van der Waals surface area (Å²) < 4.78 is 0.979. The van der Waals surface area contributed by atoms with Gasteiger partial charge in [-0.2, -0.15) is 0 Å². The van der Waals surface area contributed by atoms with Crippen molar-refractivity contribution in [1.82, 2.24) is 0 Å². The van der Waals surface area contributed by atoms with E-state index in [1.165, 1.54) is 0 Å². The predicted octanol–water partition coefficient (Wildman–Crippen LogP) is 4.08. The van der Waals surface area contributed by atoms with Crippen LogP contribution in [0.4, 0.5) is 11.4 Å². The highest BCUT2D eigenvalue weighted by molar-refractivity contribution is 9.10. The number of aryl methyl sites for hydroxylation is 1. The number of rotatable bonds is 3. The quantitative estimate of drug-likeness (QED) is 0.832. The van der Waals surface area contributed by atoms with Crippen LogP contribution in [-0.2, 0) is 4.79 Å². The van der Waals surface area contributed by atoms with Crippen molar-refractivity contribution in [3.05, 3.63) is 58.1 Å². The zero-order valence-electron chi connectivity index (χ0n) is 11.5. The molecule has 0 saturated heterocycles. The number of carbonyl (C=O) groups excluding carboxylic acids is 1. The average molecular weight is 333 g/mol. The number of nitrogens with two attached hydrogens (primary N) is 1. The molecular weight excluding hydrogens is 316 g/mol. The van der Waals surface area contributed by atoms with Gasteiger partial charge in [0.25, 0.3) is 0 Å². The molecule has 0 radical (unpaired) electrons. The Morgan fingerprint density at radius 3 is 2.65 bits per heavy atom. The SMILES string of the molecule is Cc1ccc(NC(=O)C(C)c2cccc(N)c2)cc1Br. The summed E-state index contributed by atoms with van der Waals surface area (Å²) in [6.07, 6.45) is 0. The lowest BCUT2D eigenvalue weighted by molar-refractivity contribution is -0.117. The van der Waals surface area contributed by atoms with Crippen molar-refractivity contribution in [1.29, 1.82) is 0 Å². The fraction of sp³-hybridized carbons (Fsp3) is 0.188. The number of amides is 1. The van der Waals surface area contributed by atoms with E-state index in [4.69, 9.17) is 5.73 Å². The minimum atomic E-state index is -0.251. The molecule has 1 atom stereocenters. The van der Waals surface area contributed by atoms with E-state index >= 15 is 0 Å². The summed E-state index contributed by atoms with van der Waals surface area (Å²) in [7, 11) is 0. The van der Waals surface area contributed by atoms with Crippen molar-refractivity contribution in [2.24, 2.45) is 0 Å². The third-order valence-corrected chi connectivity index (χ3v) is 4.10. The number of anilines is 2. The van der Waals surface area contributed by atoms with Crippen LogP contribution >= 0.6 is 15.9 Å². The van der Waals surface area contributed by atoms with Gasteiger partial charge in [-0.25, -0.2) is 0 Å². The number of hydrogen-bond donors (Lipinski definition) is 2. The van der Waals surface area contributed by atoms with Crippen LogP contribution in [-0.4, -0.2) is 5.91 Å². The van der Waals surface area contributed by atoms with Gasteiger partial charge in [-0.3, -0.25) is 4.79 Å². The Balaban J connectivity index is 2.13. The molecule has 4 heteroatoms. The molecule has 0 heterocycles. The maximum absolute atomic E-state index is 12.3. The molecule has 0 aliphatic carbocycles. The molecule has 0 saturated carbocycles. The van der Waals surface area contributed by atoms with Gasteiger partial charge in [0.2, 0.25) is 5.91 Å². The Hall–Kier alpha value is -1.81. The third kappa shape index (κ3) is 3.39. The molecule has 104 valence electrons. The normalized spacial score (nSPS) is 11.9. The summed E-state index contributed by atoms with van der Waals surface area (Å²) in [5.41, 5.74) is 9.24. The van der Waals surface area contributed by atoms with Crippen LogP contribution in [0, 0.1) is 6.92 Å². The number of hydrogen-bond acceptors (Lipinski definition) is 2. The van der Waals surface area contributed by atoms with E-state index in [1.807, 2.05) is 56.3 Å². The molecule has 0 aliphatic heterocycles. The van der Waals surface area contributed by atoms with E-state index in [2.05, 4.69) is 21.2 Å². The first-order valence-corrected chi connectivity index (χ1v) is 7.19. The van der Waals surface area contributed by atoms with Crippen molar-refractivity contribution in [3.8, 4) is 0 Å². The highest BCUT2D eigenvalue weighted by atomic mass is 79.9. The zero-order valence-corrected chi connectivity index (χ0v) is 13.1. The number of carbonyl (C=O) groups is 1. The Morgan fingerprint density at radius 1 is 1.25 bits per heavy atom. The average Bonchev–Trinajstić information content (AvgIpc) is 2.42. The molecule has 0 aromatic heterocycles. The third-order valence-electron chi connectivity index (χ3n) is 3.24.